The minimum absolute atomic E-state index is 0.113. The first-order valence-electron chi connectivity index (χ1n) is 7.97. The van der Waals surface area contributed by atoms with E-state index in [2.05, 4.69) is 17.2 Å². The first kappa shape index (κ1) is 19.2. The second-order valence-electron chi connectivity index (χ2n) is 5.25. The Kier molecular flexibility index (Phi) is 7.34. The number of rotatable bonds is 6. The van der Waals surface area contributed by atoms with Gasteiger partial charge in [-0.1, -0.05) is 42.2 Å². The van der Waals surface area contributed by atoms with Crippen molar-refractivity contribution < 1.29 is 24.1 Å². The van der Waals surface area contributed by atoms with Crippen LogP contribution in [0.25, 0.3) is 0 Å². The van der Waals surface area contributed by atoms with Crippen LogP contribution in [0.2, 0.25) is 0 Å². The molecule has 0 aliphatic heterocycles. The average molecular weight is 355 g/mol. The van der Waals surface area contributed by atoms with E-state index in [1.54, 1.807) is 12.1 Å². The number of aliphatic hydroxyl groups is 1. The fraction of sp³-hybridized carbons (Fsp3) is 0.250. The molecule has 0 aliphatic carbocycles. The molecule has 0 heterocycles. The fourth-order valence-corrected chi connectivity index (χ4v) is 2.20. The Morgan fingerprint density at radius 1 is 1.08 bits per heavy atom. The molecule has 0 atom stereocenters. The van der Waals surface area contributed by atoms with E-state index in [1.165, 1.54) is 14.2 Å². The summed E-state index contributed by atoms with van der Waals surface area (Å²) in [6, 6.07) is 12.8. The molecular weight excluding hydrogens is 334 g/mol. The summed E-state index contributed by atoms with van der Waals surface area (Å²) in [6.45, 7) is 0.182. The van der Waals surface area contributed by atoms with Crippen LogP contribution in [0, 0.1) is 11.8 Å². The summed E-state index contributed by atoms with van der Waals surface area (Å²) in [4.78, 5) is 11.7. The van der Waals surface area contributed by atoms with Crippen molar-refractivity contribution in [2.24, 2.45) is 0 Å². The molecule has 0 spiro atoms. The molecule has 2 rings (SSSR count). The predicted octanol–water partition coefficient (Wildman–Crippen LogP) is 2.47. The molecule has 2 N–H and O–H groups in total. The number of amides is 1. The highest BCUT2D eigenvalue weighted by molar-refractivity contribution is 5.67. The van der Waals surface area contributed by atoms with Gasteiger partial charge in [0.05, 0.1) is 27.4 Å². The van der Waals surface area contributed by atoms with Gasteiger partial charge in [-0.05, 0) is 23.3 Å². The van der Waals surface area contributed by atoms with Crippen LogP contribution in [0.4, 0.5) is 4.79 Å². The SMILES string of the molecule is COc1cc(CO)cc(OC)c1C#CCNC(=O)OCc1ccccc1. The molecule has 0 aliphatic rings. The minimum Gasteiger partial charge on any atom is -0.495 e. The number of alkyl carbamates (subject to hydrolysis) is 1. The third-order valence-corrected chi connectivity index (χ3v) is 3.50. The monoisotopic (exact) mass is 355 g/mol. The van der Waals surface area contributed by atoms with Gasteiger partial charge in [0, 0.05) is 0 Å². The maximum absolute atomic E-state index is 11.7. The lowest BCUT2D eigenvalue weighted by Crippen LogP contribution is -2.24. The number of ether oxygens (including phenoxy) is 3. The summed E-state index contributed by atoms with van der Waals surface area (Å²) in [5.74, 6) is 6.73. The third-order valence-electron chi connectivity index (χ3n) is 3.50. The van der Waals surface area contributed by atoms with E-state index < -0.39 is 6.09 Å². The number of carbonyl (C=O) groups excluding carboxylic acids is 1. The Bertz CT molecular complexity index is 768. The molecule has 2 aromatic carbocycles. The highest BCUT2D eigenvalue weighted by Gasteiger charge is 2.10. The molecule has 0 aromatic heterocycles. The van der Waals surface area contributed by atoms with Crippen molar-refractivity contribution in [3.05, 3.63) is 59.2 Å². The maximum Gasteiger partial charge on any atom is 0.408 e. The van der Waals surface area contributed by atoms with Crippen molar-refractivity contribution in [3.8, 4) is 23.3 Å². The molecular formula is C20H21NO5. The van der Waals surface area contributed by atoms with E-state index in [0.717, 1.165) is 5.56 Å². The fourth-order valence-electron chi connectivity index (χ4n) is 2.20. The van der Waals surface area contributed by atoms with E-state index >= 15 is 0 Å². The molecule has 6 heteroatoms. The van der Waals surface area contributed by atoms with Crippen molar-refractivity contribution >= 4 is 6.09 Å². The van der Waals surface area contributed by atoms with Crippen molar-refractivity contribution in [1.29, 1.82) is 0 Å². The average Bonchev–Trinajstić information content (AvgIpc) is 2.69. The molecule has 136 valence electrons. The van der Waals surface area contributed by atoms with Gasteiger partial charge in [-0.25, -0.2) is 4.79 Å². The smallest absolute Gasteiger partial charge is 0.408 e. The lowest BCUT2D eigenvalue weighted by atomic mass is 10.1. The molecule has 0 radical (unpaired) electrons. The van der Waals surface area contributed by atoms with Crippen LogP contribution in [-0.4, -0.2) is 32.0 Å². The van der Waals surface area contributed by atoms with E-state index in [9.17, 15) is 9.90 Å². The van der Waals surface area contributed by atoms with E-state index in [1.807, 2.05) is 30.3 Å². The quantitative estimate of drug-likeness (QED) is 0.779. The van der Waals surface area contributed by atoms with Gasteiger partial charge in [-0.3, -0.25) is 0 Å². The van der Waals surface area contributed by atoms with Gasteiger partial charge in [0.2, 0.25) is 0 Å². The highest BCUT2D eigenvalue weighted by atomic mass is 16.5. The van der Waals surface area contributed by atoms with Crippen LogP contribution in [0.5, 0.6) is 11.5 Å². The summed E-state index contributed by atoms with van der Waals surface area (Å²) in [5.41, 5.74) is 2.12. The molecule has 0 fully saturated rings. The van der Waals surface area contributed by atoms with Crippen LogP contribution < -0.4 is 14.8 Å². The van der Waals surface area contributed by atoms with Crippen molar-refractivity contribution in [2.45, 2.75) is 13.2 Å². The number of aliphatic hydroxyl groups excluding tert-OH is 1. The number of benzene rings is 2. The van der Waals surface area contributed by atoms with E-state index in [4.69, 9.17) is 14.2 Å². The van der Waals surface area contributed by atoms with Gasteiger partial charge < -0.3 is 24.6 Å². The highest BCUT2D eigenvalue weighted by Crippen LogP contribution is 2.29. The predicted molar refractivity (Wildman–Crippen MR) is 97.0 cm³/mol. The lowest BCUT2D eigenvalue weighted by Gasteiger charge is -2.10. The van der Waals surface area contributed by atoms with Crippen molar-refractivity contribution in [3.63, 3.8) is 0 Å². The van der Waals surface area contributed by atoms with Gasteiger partial charge >= 0.3 is 6.09 Å². The molecule has 26 heavy (non-hydrogen) atoms. The Morgan fingerprint density at radius 3 is 2.31 bits per heavy atom. The Morgan fingerprint density at radius 2 is 1.73 bits per heavy atom. The van der Waals surface area contributed by atoms with Gasteiger partial charge in [0.15, 0.2) is 0 Å². The molecule has 0 unspecified atom stereocenters. The molecule has 1 amide bonds. The summed E-state index contributed by atoms with van der Waals surface area (Å²) in [5, 5.41) is 11.8. The van der Waals surface area contributed by atoms with Crippen LogP contribution in [0.15, 0.2) is 42.5 Å². The maximum atomic E-state index is 11.7. The van der Waals surface area contributed by atoms with Gasteiger partial charge in [-0.15, -0.1) is 0 Å². The van der Waals surface area contributed by atoms with Gasteiger partial charge in [0.25, 0.3) is 0 Å². The van der Waals surface area contributed by atoms with Gasteiger partial charge in [-0.2, -0.15) is 0 Å². The molecule has 0 saturated carbocycles. The molecule has 6 nitrogen and oxygen atoms in total. The zero-order chi connectivity index (χ0) is 18.8. The Labute approximate surface area is 152 Å². The second kappa shape index (κ2) is 9.97. The molecule has 0 saturated heterocycles. The normalized spacial score (nSPS) is 9.65. The number of hydrogen-bond acceptors (Lipinski definition) is 5. The molecule has 0 bridgehead atoms. The zero-order valence-electron chi connectivity index (χ0n) is 14.7. The largest absolute Gasteiger partial charge is 0.495 e. The second-order valence-corrected chi connectivity index (χ2v) is 5.25. The van der Waals surface area contributed by atoms with Crippen LogP contribution >= 0.6 is 0 Å². The van der Waals surface area contributed by atoms with Crippen LogP contribution in [-0.2, 0) is 18.0 Å². The van der Waals surface area contributed by atoms with Crippen molar-refractivity contribution in [2.75, 3.05) is 20.8 Å². The Hall–Kier alpha value is -3.17. The van der Waals surface area contributed by atoms with Crippen LogP contribution in [0.3, 0.4) is 0 Å². The Balaban J connectivity index is 1.94. The van der Waals surface area contributed by atoms with Crippen LogP contribution in [0.1, 0.15) is 16.7 Å². The lowest BCUT2D eigenvalue weighted by molar-refractivity contribution is 0.141. The summed E-state index contributed by atoms with van der Waals surface area (Å²) in [6.07, 6.45) is -0.544. The van der Waals surface area contributed by atoms with Gasteiger partial charge in [0.1, 0.15) is 23.7 Å². The molecule has 2 aromatic rings. The summed E-state index contributed by atoms with van der Waals surface area (Å²) in [7, 11) is 3.03. The first-order chi connectivity index (χ1) is 12.7. The topological polar surface area (TPSA) is 77.0 Å². The number of hydrogen-bond donors (Lipinski definition) is 2. The summed E-state index contributed by atoms with van der Waals surface area (Å²) >= 11 is 0. The minimum atomic E-state index is -0.544. The third kappa shape index (κ3) is 5.43. The summed E-state index contributed by atoms with van der Waals surface area (Å²) < 4.78 is 15.7. The van der Waals surface area contributed by atoms with Crippen molar-refractivity contribution in [1.82, 2.24) is 5.32 Å². The first-order valence-corrected chi connectivity index (χ1v) is 7.97. The van der Waals surface area contributed by atoms with E-state index in [0.29, 0.717) is 22.6 Å². The zero-order valence-corrected chi connectivity index (χ0v) is 14.7. The number of methoxy groups -OCH3 is 2. The number of carbonyl (C=O) groups is 1. The standard InChI is InChI=1S/C20H21NO5/c1-24-18-11-16(13-22)12-19(25-2)17(18)9-6-10-21-20(23)26-14-15-7-4-3-5-8-15/h3-5,7-8,11-12,22H,10,13-14H2,1-2H3,(H,21,23). The number of nitrogens with one attached hydrogen (secondary N) is 1. The van der Waals surface area contributed by atoms with E-state index in [-0.39, 0.29) is 19.8 Å².